The topological polar surface area (TPSA) is 444 Å². The predicted molar refractivity (Wildman–Crippen MR) is 247 cm³/mol. The van der Waals surface area contributed by atoms with Crippen LogP contribution in [0.25, 0.3) is 0 Å². The van der Waals surface area contributed by atoms with Crippen LogP contribution in [0, 0.1) is 17.8 Å². The number of hydrogen-bond acceptors (Lipinski definition) is 14. The number of nitrogens with two attached hydrogens (primary N) is 4. The maximum absolute atomic E-state index is 14.0. The first kappa shape index (κ1) is 59.6. The third-order valence-corrected chi connectivity index (χ3v) is 10.8. The van der Waals surface area contributed by atoms with Gasteiger partial charge >= 0.3 is 11.9 Å². The number of carboxylic acid groups (broad SMARTS) is 2. The van der Waals surface area contributed by atoms with E-state index in [0.717, 1.165) is 6.92 Å². The minimum Gasteiger partial charge on any atom is -0.481 e. The number of carboxylic acids is 2. The zero-order valence-electron chi connectivity index (χ0n) is 39.9. The maximum atomic E-state index is 14.0. The summed E-state index contributed by atoms with van der Waals surface area (Å²) in [6.45, 7) is 11.3. The predicted octanol–water partition coefficient (Wildman–Crippen LogP) is -3.85. The molecular formula is C42H74N14O12. The number of carbonyl (C=O) groups excluding carboxylic acids is 7. The average Bonchev–Trinajstić information content (AvgIpc) is 3.78. The van der Waals surface area contributed by atoms with Crippen LogP contribution in [0.5, 0.6) is 0 Å². The monoisotopic (exact) mass is 967 g/mol. The molecule has 0 bridgehead atoms. The minimum absolute atomic E-state index is 0.0216. The highest BCUT2D eigenvalue weighted by Crippen LogP contribution is 2.12. The number of aliphatic carboxylic acids is 2. The van der Waals surface area contributed by atoms with Crippen molar-refractivity contribution in [3.05, 3.63) is 18.2 Å². The Morgan fingerprint density at radius 3 is 1.69 bits per heavy atom. The second kappa shape index (κ2) is 30.1. The van der Waals surface area contributed by atoms with Gasteiger partial charge in [-0.2, -0.15) is 0 Å². The van der Waals surface area contributed by atoms with Gasteiger partial charge in [-0.05, 0) is 63.3 Å². The Hall–Kier alpha value is -6.41. The molecule has 1 aromatic rings. The number of aromatic nitrogens is 2. The van der Waals surface area contributed by atoms with Crippen molar-refractivity contribution in [3.63, 3.8) is 0 Å². The third-order valence-electron chi connectivity index (χ3n) is 10.8. The van der Waals surface area contributed by atoms with Crippen molar-refractivity contribution in [3.8, 4) is 0 Å². The van der Waals surface area contributed by atoms with E-state index in [1.54, 1.807) is 41.5 Å². The van der Waals surface area contributed by atoms with Crippen molar-refractivity contribution < 1.29 is 58.5 Å². The van der Waals surface area contributed by atoms with E-state index in [9.17, 15) is 58.5 Å². The molecule has 0 aliphatic carbocycles. The number of imidazole rings is 1. The number of aliphatic hydroxyl groups is 1. The molecule has 0 saturated heterocycles. The quantitative estimate of drug-likeness (QED) is 0.0187. The Labute approximate surface area is 395 Å². The zero-order chi connectivity index (χ0) is 51.8. The second-order valence-corrected chi connectivity index (χ2v) is 17.3. The molecule has 1 aromatic heterocycles. The third kappa shape index (κ3) is 21.0. The molecule has 0 aliphatic rings. The van der Waals surface area contributed by atoms with E-state index in [-0.39, 0.29) is 38.3 Å². The van der Waals surface area contributed by atoms with Crippen LogP contribution >= 0.6 is 0 Å². The number of aliphatic imine (C=N–C) groups is 1. The SMILES string of the molecule is CCC(C)C(NC(=O)C(N)CCCN=C(N)N)C(=O)NC(CC(=O)O)C(=O)NC(C(=O)NC(C(=O)NC(CCCCN)C(=O)NC(Cc1cnc[nH]1)C(=O)NC(C(=O)O)C(C)C)C(C)C)C(C)O. The van der Waals surface area contributed by atoms with Gasteiger partial charge in [-0.1, -0.05) is 48.0 Å². The molecule has 7 amide bonds. The largest absolute Gasteiger partial charge is 0.481 e. The van der Waals surface area contributed by atoms with Gasteiger partial charge in [0.2, 0.25) is 41.4 Å². The van der Waals surface area contributed by atoms with E-state index in [1.807, 2.05) is 0 Å². The van der Waals surface area contributed by atoms with Crippen LogP contribution in [0.4, 0.5) is 0 Å². The number of nitrogens with zero attached hydrogens (tertiary/aromatic N) is 2. The fraction of sp³-hybridized carbons (Fsp3) is 0.690. The molecule has 0 saturated carbocycles. The van der Waals surface area contributed by atoms with Crippen molar-refractivity contribution in [2.45, 2.75) is 154 Å². The van der Waals surface area contributed by atoms with E-state index < -0.39 is 132 Å². The lowest BCUT2D eigenvalue weighted by molar-refractivity contribution is -0.143. The van der Waals surface area contributed by atoms with Crippen LogP contribution in [0.15, 0.2) is 17.5 Å². The molecule has 19 N–H and O–H groups in total. The summed E-state index contributed by atoms with van der Waals surface area (Å²) in [5.41, 5.74) is 22.8. The maximum Gasteiger partial charge on any atom is 0.326 e. The summed E-state index contributed by atoms with van der Waals surface area (Å²) >= 11 is 0. The van der Waals surface area contributed by atoms with E-state index in [4.69, 9.17) is 22.9 Å². The first-order chi connectivity index (χ1) is 31.8. The highest BCUT2D eigenvalue weighted by Gasteiger charge is 2.38. The Morgan fingerprint density at radius 1 is 0.662 bits per heavy atom. The molecule has 10 unspecified atom stereocenters. The second-order valence-electron chi connectivity index (χ2n) is 17.3. The summed E-state index contributed by atoms with van der Waals surface area (Å²) in [7, 11) is 0. The molecular weight excluding hydrogens is 893 g/mol. The van der Waals surface area contributed by atoms with Crippen LogP contribution in [-0.2, 0) is 49.6 Å². The van der Waals surface area contributed by atoms with Crippen LogP contribution in [0.1, 0.15) is 99.1 Å². The first-order valence-electron chi connectivity index (χ1n) is 22.6. The van der Waals surface area contributed by atoms with Gasteiger partial charge in [-0.15, -0.1) is 0 Å². The van der Waals surface area contributed by atoms with Gasteiger partial charge in [0.05, 0.1) is 24.9 Å². The molecule has 0 fully saturated rings. The van der Waals surface area contributed by atoms with E-state index in [1.165, 1.54) is 12.5 Å². The summed E-state index contributed by atoms with van der Waals surface area (Å²) in [6.07, 6.45) is 1.65. The lowest BCUT2D eigenvalue weighted by Crippen LogP contribution is -2.63. The number of aromatic amines is 1. The first-order valence-corrected chi connectivity index (χ1v) is 22.6. The smallest absolute Gasteiger partial charge is 0.326 e. The van der Waals surface area contributed by atoms with E-state index >= 15 is 0 Å². The number of carbonyl (C=O) groups is 9. The Morgan fingerprint density at radius 2 is 1.18 bits per heavy atom. The van der Waals surface area contributed by atoms with Crippen LogP contribution < -0.4 is 60.2 Å². The summed E-state index contributed by atoms with van der Waals surface area (Å²) in [5.74, 6) is -11.1. The molecule has 1 heterocycles. The number of unbranched alkanes of at least 4 members (excludes halogenated alkanes) is 1. The van der Waals surface area contributed by atoms with Crippen molar-refractivity contribution in [2.75, 3.05) is 13.1 Å². The number of aliphatic hydroxyl groups excluding tert-OH is 1. The lowest BCUT2D eigenvalue weighted by atomic mass is 9.97. The number of rotatable bonds is 32. The minimum atomic E-state index is -1.83. The van der Waals surface area contributed by atoms with Crippen molar-refractivity contribution >= 4 is 59.2 Å². The van der Waals surface area contributed by atoms with Crippen LogP contribution in [-0.4, -0.2) is 152 Å². The Bertz CT molecular complexity index is 1860. The number of nitrogens with one attached hydrogen (secondary N) is 8. The fourth-order valence-electron chi connectivity index (χ4n) is 6.58. The van der Waals surface area contributed by atoms with Crippen molar-refractivity contribution in [1.82, 2.24) is 47.2 Å². The molecule has 1 rings (SSSR count). The number of H-pyrrole nitrogens is 1. The molecule has 0 spiro atoms. The number of amides is 7. The van der Waals surface area contributed by atoms with Gasteiger partial charge in [0.1, 0.15) is 42.3 Å². The summed E-state index contributed by atoms with van der Waals surface area (Å²) in [6, 6.07) is -11.4. The van der Waals surface area contributed by atoms with Crippen LogP contribution in [0.2, 0.25) is 0 Å². The normalized spacial score (nSPS) is 15.6. The van der Waals surface area contributed by atoms with Gasteiger partial charge in [0, 0.05) is 24.9 Å². The lowest BCUT2D eigenvalue weighted by Gasteiger charge is -2.30. The number of guanidine groups is 1. The summed E-state index contributed by atoms with van der Waals surface area (Å²) in [5, 5.41) is 47.3. The molecule has 0 radical (unpaired) electrons. The Balaban J connectivity index is 3.34. The van der Waals surface area contributed by atoms with Gasteiger partial charge in [0.25, 0.3) is 0 Å². The molecule has 0 aromatic carbocycles. The van der Waals surface area contributed by atoms with E-state index in [0.29, 0.717) is 31.4 Å². The highest BCUT2D eigenvalue weighted by atomic mass is 16.4. The molecule has 10 atom stereocenters. The molecule has 384 valence electrons. The molecule has 0 aliphatic heterocycles. The van der Waals surface area contributed by atoms with Gasteiger partial charge < -0.3 is 80.5 Å². The number of hydrogen-bond donors (Lipinski definition) is 15. The van der Waals surface area contributed by atoms with Gasteiger partial charge in [-0.25, -0.2) is 9.78 Å². The standard InChI is InChI=1S/C42H74N14O12/c1-8-22(6)32(55-34(60)25(44)12-11-15-48-42(45)46)39(65)52-28(17-29(58)59)37(63)56-33(23(7)57)40(66)53-30(20(2)3)38(64)50-26(13-9-10-14-43)35(61)51-27(16-24-18-47-19-49-24)36(62)54-31(21(4)5)41(67)68/h18-23,25-28,30-33,57H,8-17,43-44H2,1-7H3,(H,47,49)(H,50,64)(H,51,61)(H,52,65)(H,53,66)(H,54,62)(H,55,60)(H,56,63)(H,58,59)(H,67,68)(H4,45,46,48). The Kier molecular flexibility index (Phi) is 26.4. The van der Waals surface area contributed by atoms with Crippen molar-refractivity contribution in [1.29, 1.82) is 0 Å². The molecule has 26 heteroatoms. The fourth-order valence-corrected chi connectivity index (χ4v) is 6.58. The summed E-state index contributed by atoms with van der Waals surface area (Å²) < 4.78 is 0. The van der Waals surface area contributed by atoms with E-state index in [2.05, 4.69) is 52.2 Å². The average molecular weight is 967 g/mol. The highest BCUT2D eigenvalue weighted by molar-refractivity contribution is 5.98. The summed E-state index contributed by atoms with van der Waals surface area (Å²) in [4.78, 5) is 130. The molecule has 26 nitrogen and oxygen atoms in total. The van der Waals surface area contributed by atoms with Crippen molar-refractivity contribution in [2.24, 2.45) is 45.7 Å². The van der Waals surface area contributed by atoms with Crippen LogP contribution in [0.3, 0.4) is 0 Å². The molecule has 68 heavy (non-hydrogen) atoms. The zero-order valence-corrected chi connectivity index (χ0v) is 39.9. The van der Waals surface area contributed by atoms with Gasteiger partial charge in [-0.3, -0.25) is 43.3 Å². The van der Waals surface area contributed by atoms with Gasteiger partial charge in [0.15, 0.2) is 5.96 Å².